The van der Waals surface area contributed by atoms with Gasteiger partial charge in [0.1, 0.15) is 0 Å². The van der Waals surface area contributed by atoms with Crippen LogP contribution in [0.3, 0.4) is 0 Å². The number of aliphatic carboxylic acids is 1. The van der Waals surface area contributed by atoms with E-state index in [-0.39, 0.29) is 52.6 Å². The number of hydrogen-bond acceptors (Lipinski definition) is 4. The van der Waals surface area contributed by atoms with Crippen LogP contribution >= 0.6 is 11.8 Å². The molecule has 1 unspecified atom stereocenters. The Labute approximate surface area is 127 Å². The van der Waals surface area contributed by atoms with Gasteiger partial charge < -0.3 is 14.8 Å². The van der Waals surface area contributed by atoms with Crippen molar-refractivity contribution < 1.29 is 44.3 Å². The number of carboxylic acid groups (broad SMARTS) is 1. The fourth-order valence-electron chi connectivity index (χ4n) is 2.43. The summed E-state index contributed by atoms with van der Waals surface area (Å²) in [4.78, 5) is 24.8. The molecule has 0 aromatic rings. The first kappa shape index (κ1) is 15.1. The summed E-state index contributed by atoms with van der Waals surface area (Å²) in [7, 11) is 0. The molecule has 1 fully saturated rings. The molecular weight excluding hydrogens is 249 g/mol. The smallest absolute Gasteiger partial charge is 0.543 e. The van der Waals surface area contributed by atoms with E-state index in [4.69, 9.17) is 0 Å². The zero-order valence-electron chi connectivity index (χ0n) is 10.6. The van der Waals surface area contributed by atoms with Crippen LogP contribution in [0.15, 0.2) is 10.6 Å². The Morgan fingerprint density at radius 3 is 2.59 bits per heavy atom. The van der Waals surface area contributed by atoms with Gasteiger partial charge in [-0.05, 0) is 5.75 Å². The second kappa shape index (κ2) is 4.96. The van der Waals surface area contributed by atoms with Crippen molar-refractivity contribution >= 4 is 23.6 Å². The molecule has 2 rings (SSSR count). The van der Waals surface area contributed by atoms with Crippen LogP contribution in [0.25, 0.3) is 0 Å². The monoisotopic (exact) mass is 263 g/mol. The van der Waals surface area contributed by atoms with E-state index in [9.17, 15) is 14.7 Å². The average molecular weight is 263 g/mol. The van der Waals surface area contributed by atoms with E-state index in [2.05, 4.69) is 0 Å². The number of nitrogens with zero attached hydrogens (tertiary/aromatic N) is 1. The Morgan fingerprint density at radius 2 is 2.18 bits per heavy atom. The van der Waals surface area contributed by atoms with Crippen LogP contribution in [-0.2, 0) is 9.59 Å². The summed E-state index contributed by atoms with van der Waals surface area (Å²) in [5.41, 5.74) is -0.164. The summed E-state index contributed by atoms with van der Waals surface area (Å²) in [6.07, 6.45) is 0.442. The van der Waals surface area contributed by atoms with E-state index in [1.165, 1.54) is 16.7 Å². The standard InChI is InChI=1S/C11H15NO3S.Na/c1-4-16-9-8(10(14)15)12-6(5-7(12)13)11(9,2)3;/h6H,4-5H2,1-3H3,(H,14,15);/q;+1/p-1. The number of carboxylic acids is 1. The second-order valence-electron chi connectivity index (χ2n) is 4.60. The van der Waals surface area contributed by atoms with Gasteiger partial charge in [0, 0.05) is 16.7 Å². The van der Waals surface area contributed by atoms with Crippen molar-refractivity contribution in [1.29, 1.82) is 0 Å². The molecule has 0 radical (unpaired) electrons. The predicted molar refractivity (Wildman–Crippen MR) is 59.2 cm³/mol. The fourth-order valence-corrected chi connectivity index (χ4v) is 3.55. The molecule has 6 heteroatoms. The molecule has 0 saturated carbocycles. The number of β-lactam (4-membered cyclic amide) rings is 1. The molecule has 2 aliphatic rings. The van der Waals surface area contributed by atoms with Gasteiger partial charge >= 0.3 is 29.6 Å². The first-order valence-electron chi connectivity index (χ1n) is 5.32. The third-order valence-corrected chi connectivity index (χ3v) is 4.60. The first-order chi connectivity index (χ1) is 7.41. The van der Waals surface area contributed by atoms with Crippen LogP contribution < -0.4 is 34.7 Å². The number of carbonyl (C=O) groups excluding carboxylic acids is 2. The predicted octanol–water partition coefficient (Wildman–Crippen LogP) is -2.65. The maximum absolute atomic E-state index is 11.5. The van der Waals surface area contributed by atoms with Crippen LogP contribution in [-0.4, -0.2) is 28.6 Å². The van der Waals surface area contributed by atoms with E-state index in [1.807, 2.05) is 20.8 Å². The van der Waals surface area contributed by atoms with Gasteiger partial charge in [-0.1, -0.05) is 20.8 Å². The largest absolute Gasteiger partial charge is 1.00 e. The molecule has 1 saturated heterocycles. The van der Waals surface area contributed by atoms with Gasteiger partial charge in [0.2, 0.25) is 5.91 Å². The molecule has 17 heavy (non-hydrogen) atoms. The van der Waals surface area contributed by atoms with Crippen molar-refractivity contribution in [3.05, 3.63) is 10.6 Å². The molecule has 0 aromatic heterocycles. The minimum absolute atomic E-state index is 0. The van der Waals surface area contributed by atoms with Crippen LogP contribution in [0.2, 0.25) is 0 Å². The fraction of sp³-hybridized carbons (Fsp3) is 0.636. The number of carbonyl (C=O) groups is 2. The molecule has 2 aliphatic heterocycles. The molecule has 0 aromatic carbocycles. The minimum atomic E-state index is -1.24. The van der Waals surface area contributed by atoms with Crippen molar-refractivity contribution in [1.82, 2.24) is 4.90 Å². The van der Waals surface area contributed by atoms with E-state index in [1.54, 1.807) is 0 Å². The maximum Gasteiger partial charge on any atom is 1.00 e. The zero-order chi connectivity index (χ0) is 12.1. The van der Waals surface area contributed by atoms with Crippen molar-refractivity contribution in [3.8, 4) is 0 Å². The van der Waals surface area contributed by atoms with E-state index < -0.39 is 5.97 Å². The Bertz CT molecular complexity index is 406. The van der Waals surface area contributed by atoms with Gasteiger partial charge in [0.25, 0.3) is 0 Å². The van der Waals surface area contributed by atoms with Gasteiger partial charge in [0.05, 0.1) is 17.7 Å². The summed E-state index contributed by atoms with van der Waals surface area (Å²) in [6, 6.07) is 0.00181. The molecule has 4 nitrogen and oxygen atoms in total. The van der Waals surface area contributed by atoms with Crippen molar-refractivity contribution in [2.45, 2.75) is 33.2 Å². The topological polar surface area (TPSA) is 60.4 Å². The SMILES string of the molecule is CCSC1=C(C(=O)[O-])N2C(=O)CC2C1(C)C.[Na+]. The van der Waals surface area contributed by atoms with Crippen LogP contribution in [0, 0.1) is 5.41 Å². The van der Waals surface area contributed by atoms with E-state index in [0.29, 0.717) is 6.42 Å². The normalized spacial score (nSPS) is 25.2. The number of hydrogen-bond donors (Lipinski definition) is 0. The maximum atomic E-state index is 11.5. The number of rotatable bonds is 3. The Balaban J connectivity index is 0.00000144. The molecule has 0 bridgehead atoms. The van der Waals surface area contributed by atoms with Crippen molar-refractivity contribution in [2.24, 2.45) is 5.41 Å². The van der Waals surface area contributed by atoms with Gasteiger partial charge in [-0.3, -0.25) is 4.79 Å². The Hall–Kier alpha value is 0.0300. The van der Waals surface area contributed by atoms with Crippen molar-refractivity contribution in [2.75, 3.05) is 5.75 Å². The van der Waals surface area contributed by atoms with Crippen LogP contribution in [0.5, 0.6) is 0 Å². The van der Waals surface area contributed by atoms with Crippen LogP contribution in [0.4, 0.5) is 0 Å². The first-order valence-corrected chi connectivity index (χ1v) is 6.30. The Morgan fingerprint density at radius 1 is 1.59 bits per heavy atom. The molecule has 2 heterocycles. The molecule has 1 amide bonds. The zero-order valence-corrected chi connectivity index (χ0v) is 13.4. The third kappa shape index (κ3) is 2.07. The number of thioether (sulfide) groups is 1. The van der Waals surface area contributed by atoms with E-state index >= 15 is 0 Å². The van der Waals surface area contributed by atoms with Crippen molar-refractivity contribution in [3.63, 3.8) is 0 Å². The van der Waals surface area contributed by atoms with Gasteiger partial charge in [-0.2, -0.15) is 0 Å². The summed E-state index contributed by atoms with van der Waals surface area (Å²) in [5, 5.41) is 11.1. The molecule has 0 spiro atoms. The molecule has 0 N–H and O–H groups in total. The van der Waals surface area contributed by atoms with Crippen LogP contribution in [0.1, 0.15) is 27.2 Å². The average Bonchev–Trinajstić information content (AvgIpc) is 2.34. The number of amides is 1. The summed E-state index contributed by atoms with van der Waals surface area (Å²) in [6.45, 7) is 5.95. The quantitative estimate of drug-likeness (QED) is 0.412. The van der Waals surface area contributed by atoms with Gasteiger partial charge in [-0.15, -0.1) is 11.8 Å². The molecule has 1 atom stereocenters. The van der Waals surface area contributed by atoms with Gasteiger partial charge in [-0.25, -0.2) is 0 Å². The molecular formula is C11H14NNaO3S. The summed E-state index contributed by atoms with van der Waals surface area (Å²) >= 11 is 1.50. The number of fused-ring (bicyclic) bond motifs is 1. The molecule has 88 valence electrons. The summed E-state index contributed by atoms with van der Waals surface area (Å²) in [5.74, 6) is -0.548. The summed E-state index contributed by atoms with van der Waals surface area (Å²) < 4.78 is 0. The van der Waals surface area contributed by atoms with E-state index in [0.717, 1.165) is 10.7 Å². The second-order valence-corrected chi connectivity index (χ2v) is 5.88. The Kier molecular flexibility index (Phi) is 4.40. The van der Waals surface area contributed by atoms with Gasteiger partial charge in [0.15, 0.2) is 0 Å². The third-order valence-electron chi connectivity index (χ3n) is 3.30. The minimum Gasteiger partial charge on any atom is -0.543 e. The molecule has 0 aliphatic carbocycles.